The Labute approximate surface area is 163 Å². The third-order valence-electron chi connectivity index (χ3n) is 0. The average molecular weight is 860 g/mol. The Bertz CT molecular complexity index is 20.4. The molecule has 0 fully saturated rings. The molecule has 0 rings (SSSR count). The Kier molecular flexibility index (Phi) is 2010. The van der Waals surface area contributed by atoms with Crippen molar-refractivity contribution in [3.63, 3.8) is 0 Å². The van der Waals surface area contributed by atoms with E-state index in [2.05, 4.69) is 0 Å². The van der Waals surface area contributed by atoms with Crippen molar-refractivity contribution in [2.45, 2.75) is 0 Å². The van der Waals surface area contributed by atoms with Crippen molar-refractivity contribution in [3.8, 4) is 0 Å². The van der Waals surface area contributed by atoms with Crippen LogP contribution in [-0.2, 0) is 64.5 Å². The van der Waals surface area contributed by atoms with Crippen molar-refractivity contribution < 1.29 is 64.5 Å². The van der Waals surface area contributed by atoms with Crippen molar-refractivity contribution in [2.75, 3.05) is 0 Å². The third kappa shape index (κ3) is 115. The second kappa shape index (κ2) is 134. The molecule has 0 aromatic rings. The summed E-state index contributed by atoms with van der Waals surface area (Å²) < 4.78 is 0. The van der Waals surface area contributed by atoms with Crippen molar-refractivity contribution in [2.24, 2.45) is 0 Å². The van der Waals surface area contributed by atoms with Crippen LogP contribution >= 0.6 is 0 Å². The molecule has 0 N–H and O–H groups in total. The maximum atomic E-state index is 0. The van der Waals surface area contributed by atoms with Crippen LogP contribution in [0.3, 0.4) is 0 Å². The Hall–Kier alpha value is 4.39. The molecular weight excluding hydrogens is 851 g/mol. The summed E-state index contributed by atoms with van der Waals surface area (Å²) >= 11 is 0. The molecule has 11 heavy (non-hydrogen) atoms. The van der Waals surface area contributed by atoms with E-state index in [9.17, 15) is 0 Å². The van der Waals surface area contributed by atoms with Gasteiger partial charge in [-0.25, -0.2) is 0 Å². The van der Waals surface area contributed by atoms with Gasteiger partial charge < -0.3 is 27.4 Å². The van der Waals surface area contributed by atoms with Crippen LogP contribution in [0, 0.1) is 0 Å². The van der Waals surface area contributed by atoms with Gasteiger partial charge in [0.25, 0.3) is 0 Å². The Morgan fingerprint density at radius 1 is 0.364 bits per heavy atom. The predicted molar refractivity (Wildman–Crippen MR) is 37.6 cm³/mol. The van der Waals surface area contributed by atoms with Gasteiger partial charge in [-0.05, 0) is 0 Å². The summed E-state index contributed by atoms with van der Waals surface area (Å²) in [6.45, 7) is 0. The van der Waals surface area contributed by atoms with E-state index in [1.165, 1.54) is 0 Å². The molecule has 0 heterocycles. The van der Waals surface area contributed by atoms with Crippen molar-refractivity contribution >= 4 is 102 Å². The van der Waals surface area contributed by atoms with Gasteiger partial charge in [0.15, 0.2) is 0 Å². The fourth-order valence-corrected chi connectivity index (χ4v) is 0. The minimum atomic E-state index is 0. The van der Waals surface area contributed by atoms with Crippen LogP contribution in [0.5, 0.6) is 0 Å². The molecule has 0 bridgehead atoms. The first-order valence-corrected chi connectivity index (χ1v) is 0. The Balaban J connectivity index is 0. The van der Waals surface area contributed by atoms with Crippen LogP contribution in [0.15, 0.2) is 0 Å². The predicted octanol–water partition coefficient (Wildman–Crippen LogP) is -4.26. The first kappa shape index (κ1) is 165. The van der Waals surface area contributed by atoms with E-state index in [0.29, 0.717) is 0 Å². The molecule has 0 amide bonds. The van der Waals surface area contributed by atoms with Gasteiger partial charge in [-0.3, -0.25) is 0 Å². The van der Waals surface area contributed by atoms with Crippen LogP contribution in [0.4, 0.5) is 0 Å². The maximum Gasteiger partial charge on any atom is 0 e. The van der Waals surface area contributed by atoms with Gasteiger partial charge in [-0.2, -0.15) is 0 Å². The summed E-state index contributed by atoms with van der Waals surface area (Å²) in [5.41, 5.74) is 0. The molecule has 0 unspecified atom stereocenters. The van der Waals surface area contributed by atoms with Gasteiger partial charge >= 0.3 is 102 Å². The van der Waals surface area contributed by atoms with E-state index in [4.69, 9.17) is 0 Å². The molecule has 0 aromatic carbocycles. The summed E-state index contributed by atoms with van der Waals surface area (Å²) in [5, 5.41) is 0. The molecule has 0 saturated carbocycles. The van der Waals surface area contributed by atoms with Crippen LogP contribution in [0.1, 0.15) is 0 Å². The third-order valence-corrected chi connectivity index (χ3v) is 0. The zero-order valence-corrected chi connectivity index (χ0v) is 24.8. The van der Waals surface area contributed by atoms with Gasteiger partial charge in [0.05, 0.1) is 0 Å². The molecule has 11 heteroatoms. The van der Waals surface area contributed by atoms with Crippen molar-refractivity contribution in [3.05, 3.63) is 0 Å². The second-order valence-electron chi connectivity index (χ2n) is 0. The SMILES string of the molecule is [O-2].[O-2].[O-2].[O-2].[O-2].[PbH2].[PbH2].[TeH2].[TeH2].[V].[V]. The van der Waals surface area contributed by atoms with Crippen LogP contribution < -0.4 is 0 Å². The first-order valence-electron chi connectivity index (χ1n) is 0. The topological polar surface area (TPSA) is 142 Å². The number of rotatable bonds is 0. The number of hydrogen-bond acceptors (Lipinski definition) is 0. The molecule has 0 spiro atoms. The smallest absolute Gasteiger partial charge is 0 e. The number of hydrogen-bond donors (Lipinski definition) is 0. The molecule has 0 saturated heterocycles. The van der Waals surface area contributed by atoms with E-state index < -0.39 is 0 Å². The normalized spacial score (nSPS) is 0. The summed E-state index contributed by atoms with van der Waals surface area (Å²) in [7, 11) is 0. The molecule has 0 aromatic heterocycles. The van der Waals surface area contributed by atoms with Crippen molar-refractivity contribution in [1.29, 1.82) is 0 Å². The standard InChI is InChI=1S/5O.2Pb.2H2Te.2V.4H/h;;;;;;;2*1H2;;;;;;/q5*-2;;;;;;;;;;. The van der Waals surface area contributed by atoms with Crippen LogP contribution in [0.2, 0.25) is 0 Å². The molecular formula is H8O5Pb2Te2V2-10. The largest absolute Gasteiger partial charge is 0 e. The van der Waals surface area contributed by atoms with Gasteiger partial charge in [-0.15, -0.1) is 0 Å². The van der Waals surface area contributed by atoms with Gasteiger partial charge in [0.1, 0.15) is 0 Å². The average Bonchev–Trinajstić information content (AvgIpc) is 0. The zero-order valence-electron chi connectivity index (χ0n) is 5.35. The molecule has 6 radical (unpaired) electrons. The van der Waals surface area contributed by atoms with Crippen LogP contribution in [-0.4, -0.2) is 102 Å². The quantitative estimate of drug-likeness (QED) is 0.218. The molecule has 78 valence electrons. The fraction of sp³-hybridized carbons (Fsp3) is 0. The van der Waals surface area contributed by atoms with Crippen LogP contribution in [0.25, 0.3) is 0 Å². The second-order valence-corrected chi connectivity index (χ2v) is 0. The summed E-state index contributed by atoms with van der Waals surface area (Å²) in [6.07, 6.45) is 0. The van der Waals surface area contributed by atoms with E-state index in [1.54, 1.807) is 0 Å². The van der Waals surface area contributed by atoms with E-state index in [0.717, 1.165) is 0 Å². The van der Waals surface area contributed by atoms with E-state index in [1.807, 2.05) is 0 Å². The Morgan fingerprint density at radius 2 is 0.364 bits per heavy atom. The minimum Gasteiger partial charge on any atom is 0 e. The van der Waals surface area contributed by atoms with Gasteiger partial charge in [0, 0.05) is 37.1 Å². The Morgan fingerprint density at radius 3 is 0.364 bits per heavy atom. The zero-order chi connectivity index (χ0) is 0. The molecule has 0 aliphatic carbocycles. The monoisotopic (exact) mass is 866 g/mol. The molecule has 0 aliphatic rings. The molecule has 5 nitrogen and oxygen atoms in total. The minimum absolute atomic E-state index is 0. The summed E-state index contributed by atoms with van der Waals surface area (Å²) in [5.74, 6) is 0. The summed E-state index contributed by atoms with van der Waals surface area (Å²) in [6, 6.07) is 0. The van der Waals surface area contributed by atoms with Crippen molar-refractivity contribution in [1.82, 2.24) is 0 Å². The van der Waals surface area contributed by atoms with Gasteiger partial charge in [0.2, 0.25) is 0 Å². The van der Waals surface area contributed by atoms with Gasteiger partial charge in [-0.1, -0.05) is 0 Å². The van der Waals surface area contributed by atoms with E-state index in [-0.39, 0.29) is 166 Å². The molecule has 0 aliphatic heterocycles. The molecule has 0 atom stereocenters. The summed E-state index contributed by atoms with van der Waals surface area (Å²) in [4.78, 5) is 0. The fourth-order valence-electron chi connectivity index (χ4n) is 0. The maximum absolute atomic E-state index is 0. The van der Waals surface area contributed by atoms with E-state index >= 15 is 0 Å². The first-order chi connectivity index (χ1) is 0.